The van der Waals surface area contributed by atoms with Crippen LogP contribution < -0.4 is 11.1 Å². The third-order valence-electron chi connectivity index (χ3n) is 3.37. The molecule has 0 unspecified atom stereocenters. The summed E-state index contributed by atoms with van der Waals surface area (Å²) in [5.74, 6) is 0.659. The number of aliphatic hydroxyl groups is 1. The van der Waals surface area contributed by atoms with E-state index in [1.807, 2.05) is 6.92 Å². The van der Waals surface area contributed by atoms with Crippen LogP contribution in [0.15, 0.2) is 12.3 Å². The van der Waals surface area contributed by atoms with Crippen molar-refractivity contribution in [2.24, 2.45) is 0 Å². The zero-order valence-corrected chi connectivity index (χ0v) is 13.0. The molecular weight excluding hydrogens is 290 g/mol. The Morgan fingerprint density at radius 1 is 1.43 bits per heavy atom. The molecule has 6 nitrogen and oxygen atoms in total. The zero-order valence-electron chi connectivity index (χ0n) is 12.2. The molecule has 2 aromatic heterocycles. The molecule has 0 aromatic carbocycles. The second-order valence-electron chi connectivity index (χ2n) is 5.40. The van der Waals surface area contributed by atoms with Gasteiger partial charge in [-0.15, -0.1) is 0 Å². The van der Waals surface area contributed by atoms with Gasteiger partial charge in [0.25, 0.3) is 0 Å². The Labute approximate surface area is 128 Å². The first-order valence-corrected chi connectivity index (χ1v) is 7.33. The Kier molecular flexibility index (Phi) is 4.80. The van der Waals surface area contributed by atoms with Crippen molar-refractivity contribution in [1.29, 1.82) is 0 Å². The van der Waals surface area contributed by atoms with Gasteiger partial charge in [-0.2, -0.15) is 4.98 Å². The van der Waals surface area contributed by atoms with Gasteiger partial charge in [0.1, 0.15) is 5.52 Å². The van der Waals surface area contributed by atoms with Crippen LogP contribution in [0, 0.1) is 0 Å². The van der Waals surface area contributed by atoms with Crippen LogP contribution in [-0.2, 0) is 0 Å². The molecule has 0 amide bonds. The highest BCUT2D eigenvalue weighted by atomic mass is 35.5. The van der Waals surface area contributed by atoms with Crippen molar-refractivity contribution < 1.29 is 5.11 Å². The van der Waals surface area contributed by atoms with Crippen molar-refractivity contribution in [1.82, 2.24) is 15.0 Å². The average molecular weight is 310 g/mol. The predicted octanol–water partition coefficient (Wildman–Crippen LogP) is 2.61. The summed E-state index contributed by atoms with van der Waals surface area (Å²) < 4.78 is 0. The molecule has 0 aliphatic carbocycles. The van der Waals surface area contributed by atoms with E-state index in [0.717, 1.165) is 19.3 Å². The molecule has 114 valence electrons. The fourth-order valence-corrected chi connectivity index (χ4v) is 2.29. The average Bonchev–Trinajstić information content (AvgIpc) is 2.44. The maximum absolute atomic E-state index is 9.68. The summed E-state index contributed by atoms with van der Waals surface area (Å²) in [5.41, 5.74) is 6.42. The summed E-state index contributed by atoms with van der Waals surface area (Å²) in [6, 6.07) is 1.69. The minimum Gasteiger partial charge on any atom is -0.394 e. The molecule has 0 saturated heterocycles. The van der Waals surface area contributed by atoms with Gasteiger partial charge < -0.3 is 16.2 Å². The molecule has 2 heterocycles. The molecule has 2 aromatic rings. The standard InChI is InChI=1S/C14H20ClN5O/c1-3-4-5-14(2,8-21)20-12-11-10(18-13(16)19-12)6-9(15)7-17-11/h6-7,21H,3-5,8H2,1-2H3,(H3,16,18,19,20)/t14-/m1/s1. The number of fused-ring (bicyclic) bond motifs is 1. The van der Waals surface area contributed by atoms with E-state index in [9.17, 15) is 5.11 Å². The molecule has 0 fully saturated rings. The van der Waals surface area contributed by atoms with Gasteiger partial charge in [-0.25, -0.2) is 9.97 Å². The van der Waals surface area contributed by atoms with Crippen LogP contribution in [0.5, 0.6) is 0 Å². The lowest BCUT2D eigenvalue weighted by Crippen LogP contribution is -2.39. The third kappa shape index (κ3) is 3.71. The van der Waals surface area contributed by atoms with E-state index in [2.05, 4.69) is 27.2 Å². The lowest BCUT2D eigenvalue weighted by Gasteiger charge is -2.29. The number of hydrogen-bond acceptors (Lipinski definition) is 6. The number of halogens is 1. The van der Waals surface area contributed by atoms with E-state index < -0.39 is 5.54 Å². The Balaban J connectivity index is 2.41. The van der Waals surface area contributed by atoms with Gasteiger partial charge in [-0.3, -0.25) is 0 Å². The van der Waals surface area contributed by atoms with Crippen molar-refractivity contribution in [3.05, 3.63) is 17.3 Å². The SMILES string of the molecule is CCCC[C@](C)(CO)Nc1nc(N)nc2cc(Cl)cnc12. The molecule has 0 aliphatic heterocycles. The van der Waals surface area contributed by atoms with Crippen LogP contribution in [0.1, 0.15) is 33.1 Å². The number of nitrogens with zero attached hydrogens (tertiary/aromatic N) is 3. The first-order chi connectivity index (χ1) is 9.97. The van der Waals surface area contributed by atoms with E-state index in [0.29, 0.717) is 21.9 Å². The van der Waals surface area contributed by atoms with Crippen molar-refractivity contribution in [2.75, 3.05) is 17.7 Å². The number of pyridine rings is 1. The quantitative estimate of drug-likeness (QED) is 0.759. The normalized spacial score (nSPS) is 14.1. The van der Waals surface area contributed by atoms with Gasteiger partial charge in [0.2, 0.25) is 5.95 Å². The number of nitrogens with one attached hydrogen (secondary N) is 1. The Hall–Kier alpha value is -1.66. The van der Waals surface area contributed by atoms with Crippen LogP contribution in [0.2, 0.25) is 5.02 Å². The summed E-state index contributed by atoms with van der Waals surface area (Å²) in [6.07, 6.45) is 4.41. The van der Waals surface area contributed by atoms with Gasteiger partial charge in [0.15, 0.2) is 5.82 Å². The molecule has 0 aliphatic rings. The number of anilines is 2. The molecular formula is C14H20ClN5O. The summed E-state index contributed by atoms with van der Waals surface area (Å²) in [6.45, 7) is 4.05. The Morgan fingerprint density at radius 3 is 2.86 bits per heavy atom. The number of nitrogen functional groups attached to an aromatic ring is 1. The van der Waals surface area contributed by atoms with E-state index in [1.54, 1.807) is 6.07 Å². The molecule has 0 saturated carbocycles. The number of aliphatic hydroxyl groups excluding tert-OH is 1. The number of aromatic nitrogens is 3. The highest BCUT2D eigenvalue weighted by Gasteiger charge is 2.24. The van der Waals surface area contributed by atoms with Crippen LogP contribution in [0.25, 0.3) is 11.0 Å². The zero-order chi connectivity index (χ0) is 15.5. The van der Waals surface area contributed by atoms with Crippen LogP contribution >= 0.6 is 11.6 Å². The molecule has 21 heavy (non-hydrogen) atoms. The molecule has 0 spiro atoms. The minimum atomic E-state index is -0.481. The summed E-state index contributed by atoms with van der Waals surface area (Å²) in [7, 11) is 0. The smallest absolute Gasteiger partial charge is 0.222 e. The number of nitrogens with two attached hydrogens (primary N) is 1. The summed E-state index contributed by atoms with van der Waals surface area (Å²) in [4.78, 5) is 12.6. The highest BCUT2D eigenvalue weighted by Crippen LogP contribution is 2.26. The van der Waals surface area contributed by atoms with Gasteiger partial charge >= 0.3 is 0 Å². The van der Waals surface area contributed by atoms with E-state index in [4.69, 9.17) is 17.3 Å². The van der Waals surface area contributed by atoms with Gasteiger partial charge in [-0.05, 0) is 19.4 Å². The van der Waals surface area contributed by atoms with Crippen LogP contribution in [-0.4, -0.2) is 32.2 Å². The maximum atomic E-state index is 9.68. The Morgan fingerprint density at radius 2 is 2.19 bits per heavy atom. The van der Waals surface area contributed by atoms with Crippen LogP contribution in [0.4, 0.5) is 11.8 Å². The van der Waals surface area contributed by atoms with Crippen molar-refractivity contribution in [2.45, 2.75) is 38.6 Å². The largest absolute Gasteiger partial charge is 0.394 e. The first kappa shape index (κ1) is 15.7. The topological polar surface area (TPSA) is 97.0 Å². The van der Waals surface area contributed by atoms with Crippen molar-refractivity contribution in [3.8, 4) is 0 Å². The van der Waals surface area contributed by atoms with E-state index >= 15 is 0 Å². The Bertz CT molecular complexity index is 631. The second-order valence-corrected chi connectivity index (χ2v) is 5.84. The molecule has 1 atom stereocenters. The number of rotatable bonds is 6. The summed E-state index contributed by atoms with van der Waals surface area (Å²) in [5, 5.41) is 13.4. The van der Waals surface area contributed by atoms with Gasteiger partial charge in [0.05, 0.1) is 22.7 Å². The fraction of sp³-hybridized carbons (Fsp3) is 0.500. The molecule has 7 heteroatoms. The maximum Gasteiger partial charge on any atom is 0.222 e. The lowest BCUT2D eigenvalue weighted by molar-refractivity contribution is 0.212. The predicted molar refractivity (Wildman–Crippen MR) is 85.4 cm³/mol. The minimum absolute atomic E-state index is 0.00795. The number of unbranched alkanes of at least 4 members (excludes halogenated alkanes) is 1. The highest BCUT2D eigenvalue weighted by molar-refractivity contribution is 6.31. The lowest BCUT2D eigenvalue weighted by atomic mass is 9.96. The van der Waals surface area contributed by atoms with E-state index in [1.165, 1.54) is 6.20 Å². The molecule has 0 bridgehead atoms. The summed E-state index contributed by atoms with van der Waals surface area (Å²) >= 11 is 5.93. The molecule has 4 N–H and O–H groups in total. The van der Waals surface area contributed by atoms with Crippen molar-refractivity contribution >= 4 is 34.4 Å². The fourth-order valence-electron chi connectivity index (χ4n) is 2.13. The molecule has 2 rings (SSSR count). The van der Waals surface area contributed by atoms with E-state index in [-0.39, 0.29) is 12.6 Å². The van der Waals surface area contributed by atoms with Crippen LogP contribution in [0.3, 0.4) is 0 Å². The third-order valence-corrected chi connectivity index (χ3v) is 3.58. The van der Waals surface area contributed by atoms with Gasteiger partial charge in [-0.1, -0.05) is 31.4 Å². The van der Waals surface area contributed by atoms with Gasteiger partial charge in [0, 0.05) is 6.20 Å². The van der Waals surface area contributed by atoms with Crippen molar-refractivity contribution in [3.63, 3.8) is 0 Å². The second kappa shape index (κ2) is 6.41. The first-order valence-electron chi connectivity index (χ1n) is 6.95. The monoisotopic (exact) mass is 309 g/mol. The molecule has 0 radical (unpaired) electrons. The number of hydrogen-bond donors (Lipinski definition) is 3.